The number of nitrogens with one attached hydrogen (secondary N) is 1. The highest BCUT2D eigenvalue weighted by atomic mass is 32.2. The summed E-state index contributed by atoms with van der Waals surface area (Å²) in [6.45, 7) is 0.614. The molecule has 1 saturated carbocycles. The van der Waals surface area contributed by atoms with Gasteiger partial charge in [-0.1, -0.05) is 49.2 Å². The predicted molar refractivity (Wildman–Crippen MR) is 144 cm³/mol. The zero-order chi connectivity index (χ0) is 28.0. The molecule has 206 valence electrons. The number of sulfonamides is 1. The maximum atomic E-state index is 14.6. The van der Waals surface area contributed by atoms with Crippen LogP contribution >= 0.6 is 0 Å². The molecule has 3 aromatic rings. The number of hydrogen-bond acceptors (Lipinski definition) is 4. The predicted octanol–water partition coefficient (Wildman–Crippen LogP) is 4.64. The first-order chi connectivity index (χ1) is 18.7. The third-order valence-electron chi connectivity index (χ3n) is 6.89. The van der Waals surface area contributed by atoms with Gasteiger partial charge in [0, 0.05) is 18.2 Å². The highest BCUT2D eigenvalue weighted by Gasteiger charge is 2.33. The van der Waals surface area contributed by atoms with Crippen LogP contribution in [0.15, 0.2) is 83.8 Å². The van der Waals surface area contributed by atoms with Crippen LogP contribution in [0.25, 0.3) is 0 Å². The Labute approximate surface area is 227 Å². The molecule has 10 heteroatoms. The Balaban J connectivity index is 1.68. The van der Waals surface area contributed by atoms with Crippen LogP contribution < -0.4 is 9.62 Å². The molecule has 3 aromatic carbocycles. The minimum atomic E-state index is -4.25. The SMILES string of the molecule is C[C@H](C(=O)NC1CCCC1)N(Cc1ccccc1F)C(=O)CN(c1ccc(F)cc1)S(=O)(=O)c1ccccc1. The van der Waals surface area contributed by atoms with Crippen LogP contribution in [0.3, 0.4) is 0 Å². The molecule has 7 nitrogen and oxygen atoms in total. The van der Waals surface area contributed by atoms with Crippen molar-refractivity contribution in [2.75, 3.05) is 10.8 Å². The minimum absolute atomic E-state index is 0.000430. The molecule has 1 atom stereocenters. The second kappa shape index (κ2) is 12.4. The van der Waals surface area contributed by atoms with E-state index in [0.29, 0.717) is 0 Å². The van der Waals surface area contributed by atoms with Crippen molar-refractivity contribution < 1.29 is 26.8 Å². The molecular weight excluding hydrogens is 524 g/mol. The highest BCUT2D eigenvalue weighted by Crippen LogP contribution is 2.25. The molecule has 1 N–H and O–H groups in total. The number of amides is 2. The Morgan fingerprint density at radius 1 is 0.923 bits per heavy atom. The van der Waals surface area contributed by atoms with Gasteiger partial charge in [0.25, 0.3) is 10.0 Å². The Bertz CT molecular complexity index is 1400. The number of nitrogens with zero attached hydrogens (tertiary/aromatic N) is 2. The fourth-order valence-corrected chi connectivity index (χ4v) is 6.08. The zero-order valence-electron chi connectivity index (χ0n) is 21.6. The van der Waals surface area contributed by atoms with E-state index < -0.39 is 46.1 Å². The second-order valence-electron chi connectivity index (χ2n) is 9.58. The molecule has 0 aliphatic heterocycles. The summed E-state index contributed by atoms with van der Waals surface area (Å²) in [5, 5.41) is 2.96. The van der Waals surface area contributed by atoms with Crippen LogP contribution in [0, 0.1) is 11.6 Å². The van der Waals surface area contributed by atoms with Gasteiger partial charge in [0.15, 0.2) is 0 Å². The number of carbonyl (C=O) groups excluding carboxylic acids is 2. The molecule has 0 aromatic heterocycles. The van der Waals surface area contributed by atoms with Crippen LogP contribution in [-0.4, -0.2) is 43.8 Å². The van der Waals surface area contributed by atoms with E-state index in [-0.39, 0.29) is 28.7 Å². The molecule has 0 unspecified atom stereocenters. The molecule has 0 bridgehead atoms. The maximum absolute atomic E-state index is 14.6. The number of hydrogen-bond donors (Lipinski definition) is 1. The lowest BCUT2D eigenvalue weighted by Gasteiger charge is -2.32. The van der Waals surface area contributed by atoms with Crippen LogP contribution in [0.2, 0.25) is 0 Å². The lowest BCUT2D eigenvalue weighted by Crippen LogP contribution is -2.52. The van der Waals surface area contributed by atoms with Gasteiger partial charge >= 0.3 is 0 Å². The monoisotopic (exact) mass is 555 g/mol. The van der Waals surface area contributed by atoms with Crippen molar-refractivity contribution in [3.05, 3.63) is 96.1 Å². The Morgan fingerprint density at radius 2 is 1.54 bits per heavy atom. The average molecular weight is 556 g/mol. The molecule has 0 saturated heterocycles. The van der Waals surface area contributed by atoms with Crippen molar-refractivity contribution in [1.29, 1.82) is 0 Å². The van der Waals surface area contributed by atoms with E-state index in [1.165, 1.54) is 54.3 Å². The number of anilines is 1. The van der Waals surface area contributed by atoms with E-state index in [2.05, 4.69) is 5.32 Å². The van der Waals surface area contributed by atoms with E-state index in [1.807, 2.05) is 0 Å². The van der Waals surface area contributed by atoms with E-state index in [1.54, 1.807) is 24.3 Å². The van der Waals surface area contributed by atoms with Crippen LogP contribution in [0.5, 0.6) is 0 Å². The lowest BCUT2D eigenvalue weighted by molar-refractivity contribution is -0.139. The number of halogens is 2. The first-order valence-corrected chi connectivity index (χ1v) is 14.3. The summed E-state index contributed by atoms with van der Waals surface area (Å²) in [5.74, 6) is -2.23. The van der Waals surface area contributed by atoms with Gasteiger partial charge in [-0.2, -0.15) is 0 Å². The van der Waals surface area contributed by atoms with Gasteiger partial charge in [0.05, 0.1) is 10.6 Å². The second-order valence-corrected chi connectivity index (χ2v) is 11.4. The van der Waals surface area contributed by atoms with Gasteiger partial charge < -0.3 is 10.2 Å². The van der Waals surface area contributed by atoms with Gasteiger partial charge in [-0.25, -0.2) is 17.2 Å². The van der Waals surface area contributed by atoms with E-state index >= 15 is 0 Å². The van der Waals surface area contributed by atoms with Crippen LogP contribution in [0.1, 0.15) is 38.2 Å². The average Bonchev–Trinajstić information content (AvgIpc) is 3.45. The van der Waals surface area contributed by atoms with Crippen molar-refractivity contribution in [3.63, 3.8) is 0 Å². The lowest BCUT2D eigenvalue weighted by atomic mass is 10.1. The third-order valence-corrected chi connectivity index (χ3v) is 8.68. The van der Waals surface area contributed by atoms with Gasteiger partial charge in [-0.15, -0.1) is 0 Å². The summed E-state index contributed by atoms with van der Waals surface area (Å²) >= 11 is 0. The molecule has 4 rings (SSSR count). The first kappa shape index (κ1) is 28.2. The molecule has 0 heterocycles. The van der Waals surface area contributed by atoms with Gasteiger partial charge in [-0.05, 0) is 62.2 Å². The Hall–Kier alpha value is -3.79. The van der Waals surface area contributed by atoms with Gasteiger partial charge in [-0.3, -0.25) is 13.9 Å². The largest absolute Gasteiger partial charge is 0.352 e. The van der Waals surface area contributed by atoms with E-state index in [9.17, 15) is 26.8 Å². The molecule has 39 heavy (non-hydrogen) atoms. The molecule has 2 amide bonds. The fraction of sp³-hybridized carbons (Fsp3) is 0.310. The smallest absolute Gasteiger partial charge is 0.264 e. The topological polar surface area (TPSA) is 86.8 Å². The zero-order valence-corrected chi connectivity index (χ0v) is 22.4. The third kappa shape index (κ3) is 6.81. The molecular formula is C29H31F2N3O4S. The van der Waals surface area contributed by atoms with Crippen molar-refractivity contribution in [3.8, 4) is 0 Å². The summed E-state index contributed by atoms with van der Waals surface area (Å²) in [4.78, 5) is 28.1. The van der Waals surface area contributed by atoms with Crippen molar-refractivity contribution in [2.24, 2.45) is 0 Å². The number of carbonyl (C=O) groups is 2. The highest BCUT2D eigenvalue weighted by molar-refractivity contribution is 7.92. The number of rotatable bonds is 10. The van der Waals surface area contributed by atoms with Crippen molar-refractivity contribution in [1.82, 2.24) is 10.2 Å². The Morgan fingerprint density at radius 3 is 2.18 bits per heavy atom. The standard InChI is InChI=1S/C29H31F2N3O4S/c1-21(29(36)32-24-10-6-7-11-24)33(19-22-9-5-8-14-27(22)31)28(35)20-34(25-17-15-23(30)16-18-25)39(37,38)26-12-3-2-4-13-26/h2-5,8-9,12-18,21,24H,6-7,10-11,19-20H2,1H3,(H,32,36)/t21-/m1/s1. The summed E-state index contributed by atoms with van der Waals surface area (Å²) < 4.78 is 56.4. The van der Waals surface area contributed by atoms with Crippen LogP contribution in [0.4, 0.5) is 14.5 Å². The van der Waals surface area contributed by atoms with Crippen LogP contribution in [-0.2, 0) is 26.2 Å². The molecule has 0 radical (unpaired) electrons. The molecule has 1 aliphatic carbocycles. The summed E-state index contributed by atoms with van der Waals surface area (Å²) in [6.07, 6.45) is 3.68. The summed E-state index contributed by atoms with van der Waals surface area (Å²) in [7, 11) is -4.25. The maximum Gasteiger partial charge on any atom is 0.264 e. The summed E-state index contributed by atoms with van der Waals surface area (Å²) in [5.41, 5.74) is 0.258. The Kier molecular flexibility index (Phi) is 8.96. The minimum Gasteiger partial charge on any atom is -0.352 e. The molecule has 1 aliphatic rings. The fourth-order valence-electron chi connectivity index (χ4n) is 4.64. The van der Waals surface area contributed by atoms with Gasteiger partial charge in [0.2, 0.25) is 11.8 Å². The molecule has 1 fully saturated rings. The van der Waals surface area contributed by atoms with Crippen molar-refractivity contribution >= 4 is 27.5 Å². The van der Waals surface area contributed by atoms with E-state index in [0.717, 1.165) is 42.1 Å². The van der Waals surface area contributed by atoms with Crippen molar-refractivity contribution in [2.45, 2.75) is 56.1 Å². The summed E-state index contributed by atoms with van der Waals surface area (Å²) in [6, 6.07) is 17.2. The normalized spacial score (nSPS) is 14.5. The quantitative estimate of drug-likeness (QED) is 0.395. The van der Waals surface area contributed by atoms with Gasteiger partial charge in [0.1, 0.15) is 24.2 Å². The van der Waals surface area contributed by atoms with E-state index in [4.69, 9.17) is 0 Å². The molecule has 0 spiro atoms. The number of benzene rings is 3. The first-order valence-electron chi connectivity index (χ1n) is 12.8.